The van der Waals surface area contributed by atoms with E-state index >= 15 is 0 Å². The van der Waals surface area contributed by atoms with Gasteiger partial charge in [0.05, 0.1) is 0 Å². The minimum Gasteiger partial charge on any atom is -0.460 e. The van der Waals surface area contributed by atoms with Crippen LogP contribution in [0, 0.1) is 0 Å². The van der Waals surface area contributed by atoms with Gasteiger partial charge >= 0.3 is 16.5 Å². The van der Waals surface area contributed by atoms with E-state index < -0.39 is 0 Å². The third-order valence-electron chi connectivity index (χ3n) is 4.27. The molecule has 0 amide bonds. The van der Waals surface area contributed by atoms with Crippen molar-refractivity contribution in [2.75, 3.05) is 3.88 Å². The first kappa shape index (κ1) is 14.2. The van der Waals surface area contributed by atoms with Crippen molar-refractivity contribution in [1.82, 2.24) is 0 Å². The molecule has 0 heterocycles. The van der Waals surface area contributed by atoms with Gasteiger partial charge in [-0.3, -0.25) is 0 Å². The number of rotatable bonds is 5. The van der Waals surface area contributed by atoms with Gasteiger partial charge in [0, 0.05) is 11.2 Å². The van der Waals surface area contributed by atoms with E-state index in [2.05, 4.69) is 78.4 Å². The molecule has 0 spiro atoms. The lowest BCUT2D eigenvalue weighted by Gasteiger charge is -2.45. The number of para-hydroxylation sites is 1. The highest BCUT2D eigenvalue weighted by Crippen LogP contribution is 2.37. The molecule has 0 saturated carbocycles. The molecule has 0 bridgehead atoms. The van der Waals surface area contributed by atoms with Crippen LogP contribution >= 0.6 is 0 Å². The molecule has 98 valence electrons. The second-order valence-corrected chi connectivity index (χ2v) is 5.89. The third-order valence-corrected chi connectivity index (χ3v) is 5.64. The molecule has 0 N–H and O–H groups in total. The average molecular weight is 267 g/mol. The second kappa shape index (κ2) is 6.28. The second-order valence-electron chi connectivity index (χ2n) is 5.00. The maximum Gasteiger partial charge on any atom is 0.364 e. The van der Waals surface area contributed by atoms with Gasteiger partial charge in [-0.2, -0.15) is 0 Å². The highest BCUT2D eigenvalue weighted by Gasteiger charge is 2.31. The molecule has 1 nitrogen and oxygen atoms in total. The molecule has 0 aliphatic heterocycles. The first-order valence-corrected chi connectivity index (χ1v) is 7.98. The first-order valence-electron chi connectivity index (χ1n) is 7.09. The fourth-order valence-electron chi connectivity index (χ4n) is 2.97. The molecule has 0 aliphatic rings. The summed E-state index contributed by atoms with van der Waals surface area (Å²) in [5, 5.41) is 0. The zero-order chi connectivity index (χ0) is 13.7. The normalized spacial score (nSPS) is 11.3. The van der Waals surface area contributed by atoms with Crippen molar-refractivity contribution >= 4 is 22.2 Å². The van der Waals surface area contributed by atoms with E-state index in [1.54, 1.807) is 0 Å². The van der Waals surface area contributed by atoms with Crippen LogP contribution in [-0.2, 0) is 5.54 Å². The summed E-state index contributed by atoms with van der Waals surface area (Å²) >= 11 is 1.02. The lowest BCUT2D eigenvalue weighted by molar-refractivity contribution is 0.419. The van der Waals surface area contributed by atoms with Gasteiger partial charge in [0.1, 0.15) is 0 Å². The Morgan fingerprint density at radius 3 is 1.79 bits per heavy atom. The third kappa shape index (κ3) is 2.71. The molecule has 0 aliphatic carbocycles. The Morgan fingerprint density at radius 1 is 0.842 bits per heavy atom. The topological polar surface area (TPSA) is 3.24 Å². The molecule has 2 heteroatoms. The molecular formula is C17H22AlN. The maximum atomic E-state index is 2.56. The van der Waals surface area contributed by atoms with Gasteiger partial charge < -0.3 is 3.88 Å². The van der Waals surface area contributed by atoms with Crippen LogP contribution in [0.3, 0.4) is 0 Å². The molecule has 2 aromatic rings. The van der Waals surface area contributed by atoms with Crippen LogP contribution in [0.4, 0.5) is 5.69 Å². The van der Waals surface area contributed by atoms with E-state index in [9.17, 15) is 0 Å². The van der Waals surface area contributed by atoms with E-state index in [0.29, 0.717) is 0 Å². The molecule has 2 rings (SSSR count). The summed E-state index contributed by atoms with van der Waals surface area (Å²) in [6, 6.07) is 21.7. The van der Waals surface area contributed by atoms with Crippen molar-refractivity contribution in [3.63, 3.8) is 0 Å². The molecule has 0 radical (unpaired) electrons. The van der Waals surface area contributed by atoms with Gasteiger partial charge in [0.15, 0.2) is 0 Å². The number of anilines is 1. The summed E-state index contributed by atoms with van der Waals surface area (Å²) < 4.78 is 2.56. The predicted octanol–water partition coefficient (Wildman–Crippen LogP) is 3.76. The maximum absolute atomic E-state index is 2.56. The molecule has 0 aromatic heterocycles. The van der Waals surface area contributed by atoms with E-state index in [0.717, 1.165) is 29.4 Å². The Labute approximate surface area is 124 Å². The van der Waals surface area contributed by atoms with Gasteiger partial charge in [-0.15, -0.1) is 0 Å². The van der Waals surface area contributed by atoms with Crippen molar-refractivity contribution < 1.29 is 0 Å². The molecule has 0 saturated heterocycles. The fraction of sp³-hybridized carbons (Fsp3) is 0.294. The molecule has 0 fully saturated rings. The van der Waals surface area contributed by atoms with Crippen molar-refractivity contribution in [3.05, 3.63) is 66.2 Å². The van der Waals surface area contributed by atoms with Gasteiger partial charge in [-0.1, -0.05) is 62.4 Å². The molecule has 2 aromatic carbocycles. The molecular weight excluding hydrogens is 245 g/mol. The summed E-state index contributed by atoms with van der Waals surface area (Å²) in [6.45, 7) is 4.59. The number of benzene rings is 2. The summed E-state index contributed by atoms with van der Waals surface area (Å²) in [7, 11) is 0. The number of hydrogen-bond donors (Lipinski definition) is 0. The standard InChI is InChI=1S/C17H20N.Al.2H/c1-3-17(4-2,15-11-7-5-8-12-15)18-16-13-9-6-10-14-16;;;/h5-14H,3-4H2,1-2H3;;;/q-1;+1;;. The van der Waals surface area contributed by atoms with Crippen LogP contribution in [0.1, 0.15) is 32.3 Å². The Morgan fingerprint density at radius 2 is 1.32 bits per heavy atom. The van der Waals surface area contributed by atoms with Gasteiger partial charge in [-0.25, -0.2) is 0 Å². The fourth-order valence-corrected chi connectivity index (χ4v) is 4.16. The van der Waals surface area contributed by atoms with E-state index in [1.165, 1.54) is 11.3 Å². The lowest BCUT2D eigenvalue weighted by Crippen LogP contribution is -2.44. The van der Waals surface area contributed by atoms with Crippen molar-refractivity contribution in [2.45, 2.75) is 32.2 Å². The predicted molar refractivity (Wildman–Crippen MR) is 86.2 cm³/mol. The SMILES string of the molecule is CCC(CC)(c1ccccc1)[N]([AlH2])c1ccccc1. The average Bonchev–Trinajstić information content (AvgIpc) is 2.51. The van der Waals surface area contributed by atoms with Gasteiger partial charge in [0.2, 0.25) is 0 Å². The van der Waals surface area contributed by atoms with Crippen molar-refractivity contribution in [2.24, 2.45) is 0 Å². The molecule has 0 unspecified atom stereocenters. The number of nitrogens with zero attached hydrogens (tertiary/aromatic N) is 1. The Kier molecular flexibility index (Phi) is 4.69. The number of hydrogen-bond acceptors (Lipinski definition) is 1. The van der Waals surface area contributed by atoms with E-state index in [4.69, 9.17) is 0 Å². The largest absolute Gasteiger partial charge is 0.460 e. The minimum absolute atomic E-state index is 0.134. The lowest BCUT2D eigenvalue weighted by atomic mass is 9.84. The summed E-state index contributed by atoms with van der Waals surface area (Å²) in [5.41, 5.74) is 2.90. The zero-order valence-electron chi connectivity index (χ0n) is 12.1. The summed E-state index contributed by atoms with van der Waals surface area (Å²) in [6.07, 6.45) is 2.26. The smallest absolute Gasteiger partial charge is 0.364 e. The van der Waals surface area contributed by atoms with Crippen molar-refractivity contribution in [3.8, 4) is 0 Å². The van der Waals surface area contributed by atoms with Crippen LogP contribution in [0.2, 0.25) is 0 Å². The molecule has 0 atom stereocenters. The van der Waals surface area contributed by atoms with Crippen molar-refractivity contribution in [1.29, 1.82) is 0 Å². The molecule has 19 heavy (non-hydrogen) atoms. The van der Waals surface area contributed by atoms with E-state index in [-0.39, 0.29) is 5.54 Å². The highest BCUT2D eigenvalue weighted by molar-refractivity contribution is 6.18. The summed E-state index contributed by atoms with van der Waals surface area (Å²) in [5.74, 6) is 0. The van der Waals surface area contributed by atoms with Gasteiger partial charge in [0.25, 0.3) is 0 Å². The van der Waals surface area contributed by atoms with Crippen LogP contribution in [0.5, 0.6) is 0 Å². The Hall–Kier alpha value is -1.23. The van der Waals surface area contributed by atoms with Crippen LogP contribution < -0.4 is 3.88 Å². The summed E-state index contributed by atoms with van der Waals surface area (Å²) in [4.78, 5) is 0. The van der Waals surface area contributed by atoms with Gasteiger partial charge in [-0.05, 0) is 30.5 Å². The first-order chi connectivity index (χ1) is 9.24. The Balaban J connectivity index is 2.45. The highest BCUT2D eigenvalue weighted by atomic mass is 27.1. The quantitative estimate of drug-likeness (QED) is 0.746. The monoisotopic (exact) mass is 267 g/mol. The minimum atomic E-state index is 0.134. The van der Waals surface area contributed by atoms with E-state index in [1.807, 2.05) is 0 Å². The Bertz CT molecular complexity index is 491. The zero-order valence-corrected chi connectivity index (χ0v) is 14.1. The van der Waals surface area contributed by atoms with Crippen LogP contribution in [-0.4, -0.2) is 16.5 Å². The van der Waals surface area contributed by atoms with Crippen LogP contribution in [0.25, 0.3) is 0 Å². The van der Waals surface area contributed by atoms with Crippen LogP contribution in [0.15, 0.2) is 60.7 Å².